The molecule has 0 bridgehead atoms. The first-order chi connectivity index (χ1) is 23.4. The van der Waals surface area contributed by atoms with Gasteiger partial charge in [0.25, 0.3) is 5.91 Å². The Labute approximate surface area is 281 Å². The predicted molar refractivity (Wildman–Crippen MR) is 188 cm³/mol. The summed E-state index contributed by atoms with van der Waals surface area (Å²) in [5.74, 6) is -1.64. The maximum absolute atomic E-state index is 14.6. The Morgan fingerprint density at radius 3 is 2.33 bits per heavy atom. The van der Waals surface area contributed by atoms with Gasteiger partial charge in [-0.05, 0) is 59.7 Å². The Morgan fingerprint density at radius 1 is 0.938 bits per heavy atom. The third kappa shape index (κ3) is 7.23. The average Bonchev–Trinajstić information content (AvgIpc) is 3.95. The number of carbonyl (C=O) groups excluding carboxylic acids is 3. The number of hydrogen-bond acceptors (Lipinski definition) is 5. The zero-order valence-corrected chi connectivity index (χ0v) is 27.0. The van der Waals surface area contributed by atoms with Gasteiger partial charge in [0.05, 0.1) is 36.9 Å². The van der Waals surface area contributed by atoms with Gasteiger partial charge in [0, 0.05) is 11.1 Å². The highest BCUT2D eigenvalue weighted by molar-refractivity contribution is 6.20. The van der Waals surface area contributed by atoms with Crippen molar-refractivity contribution >= 4 is 29.1 Å². The summed E-state index contributed by atoms with van der Waals surface area (Å²) in [6, 6.07) is 33.2. The zero-order valence-electron chi connectivity index (χ0n) is 27.0. The molecule has 0 radical (unpaired) electrons. The number of nitrogens with zero attached hydrogens (tertiary/aromatic N) is 2. The molecule has 1 heterocycles. The van der Waals surface area contributed by atoms with Gasteiger partial charge < -0.3 is 20.7 Å². The van der Waals surface area contributed by atoms with Crippen LogP contribution in [0.25, 0.3) is 11.1 Å². The number of allylic oxidation sites excluding steroid dienone is 1. The first-order valence-electron chi connectivity index (χ1n) is 16.3. The number of anilines is 1. The summed E-state index contributed by atoms with van der Waals surface area (Å²) < 4.78 is 5.33. The summed E-state index contributed by atoms with van der Waals surface area (Å²) in [6.45, 7) is 4.03. The molecule has 1 fully saturated rings. The summed E-state index contributed by atoms with van der Waals surface area (Å²) in [6.07, 6.45) is 3.18. The van der Waals surface area contributed by atoms with E-state index in [4.69, 9.17) is 15.5 Å². The summed E-state index contributed by atoms with van der Waals surface area (Å²) in [7, 11) is 1.64. The Balaban J connectivity index is 1.39. The molecule has 2 aliphatic rings. The first kappa shape index (κ1) is 32.4. The molecule has 48 heavy (non-hydrogen) atoms. The van der Waals surface area contributed by atoms with Crippen LogP contribution in [0, 0.1) is 17.8 Å². The second kappa shape index (κ2) is 14.5. The largest absolute Gasteiger partial charge is 0.497 e. The molecule has 1 saturated carbocycles. The fourth-order valence-electron chi connectivity index (χ4n) is 6.39. The number of rotatable bonds is 13. The van der Waals surface area contributed by atoms with Gasteiger partial charge in [-0.1, -0.05) is 97.8 Å². The number of aliphatic imine (C=N–C) groups is 1. The molecule has 0 spiro atoms. The Hall–Kier alpha value is -5.50. The monoisotopic (exact) mass is 640 g/mol. The highest BCUT2D eigenvalue weighted by atomic mass is 16.5. The maximum Gasteiger partial charge on any atom is 0.272 e. The minimum Gasteiger partial charge on any atom is -0.497 e. The van der Waals surface area contributed by atoms with Crippen LogP contribution in [0.4, 0.5) is 5.69 Å². The van der Waals surface area contributed by atoms with Gasteiger partial charge in [-0.15, -0.1) is 6.58 Å². The first-order valence-corrected chi connectivity index (χ1v) is 16.3. The third-order valence-corrected chi connectivity index (χ3v) is 9.12. The van der Waals surface area contributed by atoms with Gasteiger partial charge in [0.1, 0.15) is 5.75 Å². The van der Waals surface area contributed by atoms with Crippen LogP contribution in [-0.4, -0.2) is 36.7 Å². The topological polar surface area (TPSA) is 114 Å². The molecule has 3 atom stereocenters. The predicted octanol–water partition coefficient (Wildman–Crippen LogP) is 6.28. The molecule has 8 nitrogen and oxygen atoms in total. The molecule has 3 amide bonds. The average molecular weight is 641 g/mol. The van der Waals surface area contributed by atoms with Gasteiger partial charge in [-0.25, -0.2) is 4.99 Å². The van der Waals surface area contributed by atoms with Crippen LogP contribution in [-0.2, 0) is 20.9 Å². The molecule has 244 valence electrons. The quantitative estimate of drug-likeness (QED) is 0.167. The second-order valence-corrected chi connectivity index (χ2v) is 12.4. The fraction of sp³-hybridized carbons (Fsp3) is 0.250. The Morgan fingerprint density at radius 2 is 1.65 bits per heavy atom. The van der Waals surface area contributed by atoms with Crippen molar-refractivity contribution in [1.82, 2.24) is 5.32 Å². The van der Waals surface area contributed by atoms with Gasteiger partial charge in [-0.2, -0.15) is 0 Å². The highest BCUT2D eigenvalue weighted by Crippen LogP contribution is 2.39. The summed E-state index contributed by atoms with van der Waals surface area (Å²) in [4.78, 5) is 47.9. The van der Waals surface area contributed by atoms with E-state index in [0.717, 1.165) is 46.4 Å². The lowest BCUT2D eigenvalue weighted by atomic mass is 9.84. The summed E-state index contributed by atoms with van der Waals surface area (Å²) in [5.41, 5.74) is 11.6. The number of primary amides is 1. The molecule has 1 aliphatic carbocycles. The smallest absolute Gasteiger partial charge is 0.272 e. The molecular formula is C40H40N4O4. The number of nitrogens with one attached hydrogen (secondary N) is 1. The van der Waals surface area contributed by atoms with Gasteiger partial charge in [-0.3, -0.25) is 14.4 Å². The number of ether oxygens (including phenoxy) is 1. The number of fused-ring (bicyclic) bond motifs is 1. The van der Waals surface area contributed by atoms with Crippen molar-refractivity contribution in [3.8, 4) is 16.9 Å². The number of carbonyl (C=O) groups is 3. The SMILES string of the molecule is C=CCC(C(N)=O)[C@H](CC1CC1)C(=O)N[C@H]1N=C(c2ccccc2)c2ccccc2N(Cc2cccc(-c3ccc(OC)cc3)c2)C1=O. The molecule has 8 heteroatoms. The van der Waals surface area contributed by atoms with Crippen molar-refractivity contribution in [1.29, 1.82) is 0 Å². The molecule has 1 aliphatic heterocycles. The van der Waals surface area contributed by atoms with Gasteiger partial charge >= 0.3 is 0 Å². The molecule has 4 aromatic rings. The van der Waals surface area contributed by atoms with E-state index >= 15 is 0 Å². The summed E-state index contributed by atoms with van der Waals surface area (Å²) >= 11 is 0. The lowest BCUT2D eigenvalue weighted by Crippen LogP contribution is -2.50. The van der Waals surface area contributed by atoms with Crippen LogP contribution in [0.5, 0.6) is 5.75 Å². The number of methoxy groups -OCH3 is 1. The minimum absolute atomic E-state index is 0.246. The van der Waals surface area contributed by atoms with Crippen LogP contribution in [0.1, 0.15) is 42.4 Å². The van der Waals surface area contributed by atoms with Gasteiger partial charge in [0.2, 0.25) is 18.0 Å². The molecule has 6 rings (SSSR count). The number of hydrogen-bond donors (Lipinski definition) is 2. The maximum atomic E-state index is 14.6. The number of benzene rings is 4. The number of benzodiazepines with no additional fused rings is 1. The fourth-order valence-corrected chi connectivity index (χ4v) is 6.39. The van der Waals surface area contributed by atoms with E-state index in [9.17, 15) is 14.4 Å². The number of para-hydroxylation sites is 1. The van der Waals surface area contributed by atoms with E-state index in [-0.39, 0.29) is 18.9 Å². The third-order valence-electron chi connectivity index (χ3n) is 9.12. The van der Waals surface area contributed by atoms with Crippen LogP contribution in [0.15, 0.2) is 121 Å². The minimum atomic E-state index is -1.23. The molecular weight excluding hydrogens is 600 g/mol. The lowest BCUT2D eigenvalue weighted by Gasteiger charge is -2.28. The Kier molecular flexibility index (Phi) is 9.80. The van der Waals surface area contributed by atoms with Crippen LogP contribution in [0.3, 0.4) is 0 Å². The number of nitrogens with two attached hydrogens (primary N) is 1. The zero-order chi connectivity index (χ0) is 33.6. The van der Waals surface area contributed by atoms with Crippen molar-refractivity contribution in [3.63, 3.8) is 0 Å². The van der Waals surface area contributed by atoms with E-state index in [1.165, 1.54) is 0 Å². The van der Waals surface area contributed by atoms with Crippen molar-refractivity contribution < 1.29 is 19.1 Å². The van der Waals surface area contributed by atoms with Crippen molar-refractivity contribution in [3.05, 3.63) is 132 Å². The molecule has 0 saturated heterocycles. The lowest BCUT2D eigenvalue weighted by molar-refractivity contribution is -0.135. The summed E-state index contributed by atoms with van der Waals surface area (Å²) in [5, 5.41) is 2.96. The molecule has 0 aromatic heterocycles. The standard InChI is InChI=1S/C40H40N4O4/c1-3-10-32(37(41)45)34(24-26-17-18-26)39(46)43-38-40(47)44(25-27-11-9-14-30(23-27)28-19-21-31(48-2)22-20-28)35-16-8-7-15-33(35)36(42-38)29-12-5-4-6-13-29/h3-9,11-16,19-23,26,32,34,38H,1,10,17-18,24-25H2,2H3,(H2,41,45)(H,43,46)/t32?,34-,38+/m0/s1. The van der Waals surface area contributed by atoms with Crippen LogP contribution < -0.4 is 20.7 Å². The number of amides is 3. The second-order valence-electron chi connectivity index (χ2n) is 12.4. The van der Waals surface area contributed by atoms with E-state index in [2.05, 4.69) is 18.0 Å². The normalized spacial score (nSPS) is 16.9. The Bertz CT molecular complexity index is 1830. The van der Waals surface area contributed by atoms with Gasteiger partial charge in [0.15, 0.2) is 0 Å². The molecule has 4 aromatic carbocycles. The van der Waals surface area contributed by atoms with Crippen molar-refractivity contribution in [2.45, 2.75) is 38.4 Å². The van der Waals surface area contributed by atoms with E-state index < -0.39 is 29.8 Å². The molecule has 3 N–H and O–H groups in total. The van der Waals surface area contributed by atoms with Crippen molar-refractivity contribution in [2.75, 3.05) is 12.0 Å². The van der Waals surface area contributed by atoms with E-state index in [1.807, 2.05) is 97.1 Å². The van der Waals surface area contributed by atoms with E-state index in [1.54, 1.807) is 18.1 Å². The van der Waals surface area contributed by atoms with Crippen molar-refractivity contribution in [2.24, 2.45) is 28.5 Å². The highest BCUT2D eigenvalue weighted by Gasteiger charge is 2.40. The van der Waals surface area contributed by atoms with Crippen LogP contribution >= 0.6 is 0 Å². The van der Waals surface area contributed by atoms with Crippen LogP contribution in [0.2, 0.25) is 0 Å². The molecule has 1 unspecified atom stereocenters. The van der Waals surface area contributed by atoms with E-state index in [0.29, 0.717) is 23.7 Å².